The van der Waals surface area contributed by atoms with Crippen LogP contribution in [-0.4, -0.2) is 6.04 Å². The fourth-order valence-electron chi connectivity index (χ4n) is 2.67. The third kappa shape index (κ3) is 1.89. The van der Waals surface area contributed by atoms with E-state index in [1.165, 1.54) is 38.5 Å². The van der Waals surface area contributed by atoms with Crippen LogP contribution in [0.25, 0.3) is 0 Å². The molecule has 0 bridgehead atoms. The van der Waals surface area contributed by atoms with Gasteiger partial charge in [0.05, 0.1) is 0 Å². The molecule has 2 atom stereocenters. The summed E-state index contributed by atoms with van der Waals surface area (Å²) in [4.78, 5) is 0. The smallest absolute Gasteiger partial charge is 0.00415 e. The molecule has 0 radical (unpaired) electrons. The number of hydrogen-bond donors (Lipinski definition) is 1. The Bertz CT molecular complexity index is 166. The third-order valence-corrected chi connectivity index (χ3v) is 3.35. The zero-order valence-corrected chi connectivity index (χ0v) is 7.71. The predicted molar refractivity (Wildman–Crippen MR) is 51.8 cm³/mol. The van der Waals surface area contributed by atoms with Crippen molar-refractivity contribution in [3.63, 3.8) is 0 Å². The maximum absolute atomic E-state index is 5.88. The van der Waals surface area contributed by atoms with Crippen molar-refractivity contribution in [3.05, 3.63) is 12.2 Å². The van der Waals surface area contributed by atoms with Gasteiger partial charge in [0.15, 0.2) is 0 Å². The summed E-state index contributed by atoms with van der Waals surface area (Å²) < 4.78 is 0. The first kappa shape index (κ1) is 8.31. The highest BCUT2D eigenvalue weighted by Gasteiger charge is 2.24. The normalized spacial score (nSPS) is 36.4. The van der Waals surface area contributed by atoms with Gasteiger partial charge in [0, 0.05) is 6.04 Å². The second-order valence-corrected chi connectivity index (χ2v) is 4.48. The number of rotatable bonds is 2. The second-order valence-electron chi connectivity index (χ2n) is 4.48. The molecule has 0 aromatic heterocycles. The van der Waals surface area contributed by atoms with Crippen LogP contribution in [-0.2, 0) is 0 Å². The number of hydrogen-bond acceptors (Lipinski definition) is 1. The van der Waals surface area contributed by atoms with Crippen LogP contribution in [0.4, 0.5) is 0 Å². The average molecular weight is 165 g/mol. The average Bonchev–Trinajstić information content (AvgIpc) is 2.63. The van der Waals surface area contributed by atoms with Crippen LogP contribution in [0.15, 0.2) is 12.2 Å². The van der Waals surface area contributed by atoms with Crippen molar-refractivity contribution in [2.45, 2.75) is 44.6 Å². The summed E-state index contributed by atoms with van der Waals surface area (Å²) in [7, 11) is 0. The summed E-state index contributed by atoms with van der Waals surface area (Å²) in [6, 6.07) is 0.518. The van der Waals surface area contributed by atoms with E-state index in [4.69, 9.17) is 5.73 Å². The Kier molecular flexibility index (Phi) is 2.50. The highest BCUT2D eigenvalue weighted by atomic mass is 14.6. The van der Waals surface area contributed by atoms with Crippen LogP contribution < -0.4 is 5.73 Å². The van der Waals surface area contributed by atoms with Gasteiger partial charge in [-0.15, -0.1) is 0 Å². The van der Waals surface area contributed by atoms with Crippen LogP contribution in [0.3, 0.4) is 0 Å². The van der Waals surface area contributed by atoms with Crippen LogP contribution in [0.2, 0.25) is 0 Å². The molecule has 68 valence electrons. The Morgan fingerprint density at radius 1 is 1.08 bits per heavy atom. The quantitative estimate of drug-likeness (QED) is 0.625. The van der Waals surface area contributed by atoms with Crippen LogP contribution in [0.5, 0.6) is 0 Å². The third-order valence-electron chi connectivity index (χ3n) is 3.35. The Hall–Kier alpha value is -0.300. The van der Waals surface area contributed by atoms with Crippen molar-refractivity contribution in [1.29, 1.82) is 0 Å². The number of allylic oxidation sites excluding steroid dienone is 2. The summed E-state index contributed by atoms with van der Waals surface area (Å²) in [5, 5.41) is 0. The predicted octanol–water partition coefficient (Wildman–Crippen LogP) is 2.47. The van der Waals surface area contributed by atoms with Gasteiger partial charge in [-0.1, -0.05) is 12.2 Å². The molecule has 2 rings (SSSR count). The van der Waals surface area contributed by atoms with E-state index in [1.807, 2.05) is 0 Å². The molecular weight excluding hydrogens is 146 g/mol. The lowest BCUT2D eigenvalue weighted by Crippen LogP contribution is -2.15. The Morgan fingerprint density at radius 3 is 2.42 bits per heavy atom. The van der Waals surface area contributed by atoms with Crippen molar-refractivity contribution in [1.82, 2.24) is 0 Å². The molecule has 1 fully saturated rings. The van der Waals surface area contributed by atoms with E-state index < -0.39 is 0 Å². The van der Waals surface area contributed by atoms with Gasteiger partial charge >= 0.3 is 0 Å². The highest BCUT2D eigenvalue weighted by molar-refractivity contribution is 4.95. The van der Waals surface area contributed by atoms with Gasteiger partial charge in [-0.25, -0.2) is 0 Å². The van der Waals surface area contributed by atoms with Crippen molar-refractivity contribution in [2.75, 3.05) is 0 Å². The van der Waals surface area contributed by atoms with Gasteiger partial charge in [-0.3, -0.25) is 0 Å². The Labute approximate surface area is 75.0 Å². The molecule has 2 N–H and O–H groups in total. The van der Waals surface area contributed by atoms with Crippen molar-refractivity contribution in [3.8, 4) is 0 Å². The van der Waals surface area contributed by atoms with Gasteiger partial charge < -0.3 is 5.73 Å². The first-order chi connectivity index (χ1) is 5.84. The molecule has 0 spiro atoms. The van der Waals surface area contributed by atoms with Gasteiger partial charge in [0.1, 0.15) is 0 Å². The van der Waals surface area contributed by atoms with E-state index in [-0.39, 0.29) is 0 Å². The summed E-state index contributed by atoms with van der Waals surface area (Å²) >= 11 is 0. The van der Waals surface area contributed by atoms with Crippen molar-refractivity contribution in [2.24, 2.45) is 17.6 Å². The van der Waals surface area contributed by atoms with Crippen LogP contribution in [0, 0.1) is 11.8 Å². The summed E-state index contributed by atoms with van der Waals surface area (Å²) in [6.07, 6.45) is 12.7. The first-order valence-corrected chi connectivity index (χ1v) is 5.25. The summed E-state index contributed by atoms with van der Waals surface area (Å²) in [5.74, 6) is 1.91. The lowest BCUT2D eigenvalue weighted by Gasteiger charge is -2.14. The molecular formula is C11H19N. The minimum atomic E-state index is 0.518. The summed E-state index contributed by atoms with van der Waals surface area (Å²) in [6.45, 7) is 0. The molecule has 2 aliphatic carbocycles. The maximum Gasteiger partial charge on any atom is 0.00415 e. The topological polar surface area (TPSA) is 26.0 Å². The van der Waals surface area contributed by atoms with E-state index in [2.05, 4.69) is 12.2 Å². The monoisotopic (exact) mass is 165 g/mol. The molecule has 12 heavy (non-hydrogen) atoms. The molecule has 1 nitrogen and oxygen atoms in total. The largest absolute Gasteiger partial charge is 0.328 e. The highest BCUT2D eigenvalue weighted by Crippen LogP contribution is 2.33. The fourth-order valence-corrected chi connectivity index (χ4v) is 2.67. The van der Waals surface area contributed by atoms with Crippen LogP contribution >= 0.6 is 0 Å². The van der Waals surface area contributed by atoms with Gasteiger partial charge in [-0.2, -0.15) is 0 Å². The van der Waals surface area contributed by atoms with Crippen molar-refractivity contribution < 1.29 is 0 Å². The van der Waals surface area contributed by atoms with Crippen molar-refractivity contribution >= 4 is 0 Å². The molecule has 0 aromatic carbocycles. The molecule has 1 saturated carbocycles. The maximum atomic E-state index is 5.88. The standard InChI is InChI=1S/C11H19N/c12-11-6-5-10(8-11)7-9-3-1-2-4-9/h1-2,9-11H,3-8,12H2. The van der Waals surface area contributed by atoms with E-state index in [0.29, 0.717) is 6.04 Å². The molecule has 0 heterocycles. The van der Waals surface area contributed by atoms with Crippen LogP contribution in [0.1, 0.15) is 38.5 Å². The minimum Gasteiger partial charge on any atom is -0.328 e. The minimum absolute atomic E-state index is 0.518. The SMILES string of the molecule is NC1CCC(CC2CC=CC2)C1. The lowest BCUT2D eigenvalue weighted by molar-refractivity contribution is 0.387. The molecule has 0 saturated heterocycles. The Balaban J connectivity index is 1.73. The first-order valence-electron chi connectivity index (χ1n) is 5.25. The second kappa shape index (κ2) is 3.61. The van der Waals surface area contributed by atoms with Gasteiger partial charge in [0.2, 0.25) is 0 Å². The molecule has 2 unspecified atom stereocenters. The molecule has 0 aromatic rings. The zero-order valence-electron chi connectivity index (χ0n) is 7.71. The van der Waals surface area contributed by atoms with Gasteiger partial charge in [0.25, 0.3) is 0 Å². The van der Waals surface area contributed by atoms with E-state index in [1.54, 1.807) is 0 Å². The zero-order chi connectivity index (χ0) is 8.39. The van der Waals surface area contributed by atoms with E-state index in [9.17, 15) is 0 Å². The molecule has 0 aliphatic heterocycles. The van der Waals surface area contributed by atoms with Gasteiger partial charge in [-0.05, 0) is 50.4 Å². The Morgan fingerprint density at radius 2 is 1.83 bits per heavy atom. The van der Waals surface area contributed by atoms with E-state index >= 15 is 0 Å². The summed E-state index contributed by atoms with van der Waals surface area (Å²) in [5.41, 5.74) is 5.88. The molecule has 1 heteroatoms. The molecule has 0 amide bonds. The van der Waals surface area contributed by atoms with E-state index in [0.717, 1.165) is 11.8 Å². The fraction of sp³-hybridized carbons (Fsp3) is 0.818. The number of nitrogens with two attached hydrogens (primary N) is 1. The lowest BCUT2D eigenvalue weighted by atomic mass is 9.91. The molecule has 2 aliphatic rings.